The monoisotopic (exact) mass is 249 g/mol. The third-order valence-electron chi connectivity index (χ3n) is 2.13. The number of amides is 1. The van der Waals surface area contributed by atoms with Gasteiger partial charge in [-0.15, -0.1) is 11.3 Å². The second-order valence-corrected chi connectivity index (χ2v) is 4.18. The summed E-state index contributed by atoms with van der Waals surface area (Å²) >= 11 is 1.28. The van der Waals surface area contributed by atoms with E-state index in [1.54, 1.807) is 19.4 Å². The van der Waals surface area contributed by atoms with Crippen molar-refractivity contribution in [2.75, 3.05) is 14.2 Å². The van der Waals surface area contributed by atoms with Crippen molar-refractivity contribution in [3.05, 3.63) is 29.4 Å². The van der Waals surface area contributed by atoms with Crippen LogP contribution >= 0.6 is 11.3 Å². The molecule has 1 amide bonds. The van der Waals surface area contributed by atoms with Gasteiger partial charge in [-0.3, -0.25) is 9.78 Å². The van der Waals surface area contributed by atoms with E-state index in [1.165, 1.54) is 18.4 Å². The van der Waals surface area contributed by atoms with Gasteiger partial charge in [0.2, 0.25) is 5.88 Å². The minimum atomic E-state index is -0.200. The van der Waals surface area contributed by atoms with E-state index in [1.807, 2.05) is 12.1 Å². The van der Waals surface area contributed by atoms with Crippen LogP contribution in [0.15, 0.2) is 24.5 Å². The Kier molecular flexibility index (Phi) is 3.34. The van der Waals surface area contributed by atoms with Gasteiger partial charge in [0.1, 0.15) is 5.01 Å². The first-order valence-electron chi connectivity index (χ1n) is 4.93. The van der Waals surface area contributed by atoms with Crippen LogP contribution in [-0.4, -0.2) is 30.0 Å². The van der Waals surface area contributed by atoms with Crippen molar-refractivity contribution in [1.29, 1.82) is 0 Å². The number of nitrogens with one attached hydrogen (secondary N) is 1. The fraction of sp³-hybridized carbons (Fsp3) is 0.182. The molecule has 6 heteroatoms. The molecule has 0 radical (unpaired) electrons. The first-order chi connectivity index (χ1) is 8.26. The Bertz CT molecular complexity index is 525. The molecule has 0 spiro atoms. The Morgan fingerprint density at radius 1 is 1.53 bits per heavy atom. The number of rotatable bonds is 3. The molecule has 88 valence electrons. The SMILES string of the molecule is CNC(=O)c1sc(-c2cccnc2)nc1OC. The van der Waals surface area contributed by atoms with Gasteiger partial charge in [-0.1, -0.05) is 0 Å². The molecule has 0 aliphatic rings. The number of pyridine rings is 1. The Morgan fingerprint density at radius 3 is 2.94 bits per heavy atom. The average Bonchev–Trinajstić information content (AvgIpc) is 2.83. The number of thiazole rings is 1. The highest BCUT2D eigenvalue weighted by atomic mass is 32.1. The normalized spacial score (nSPS) is 10.0. The summed E-state index contributed by atoms with van der Waals surface area (Å²) in [5.41, 5.74) is 0.867. The number of carbonyl (C=O) groups is 1. The predicted octanol–water partition coefficient (Wildman–Crippen LogP) is 1.57. The van der Waals surface area contributed by atoms with Crippen molar-refractivity contribution in [3.8, 4) is 16.5 Å². The molecule has 0 atom stereocenters. The molecule has 1 N–H and O–H groups in total. The van der Waals surface area contributed by atoms with Crippen LogP contribution in [0, 0.1) is 0 Å². The van der Waals surface area contributed by atoms with Crippen LogP contribution < -0.4 is 10.1 Å². The Balaban J connectivity index is 2.45. The van der Waals surface area contributed by atoms with Gasteiger partial charge in [0.25, 0.3) is 5.91 Å². The zero-order valence-corrected chi connectivity index (χ0v) is 10.2. The Hall–Kier alpha value is -1.95. The zero-order chi connectivity index (χ0) is 12.3. The van der Waals surface area contributed by atoms with Gasteiger partial charge < -0.3 is 10.1 Å². The quantitative estimate of drug-likeness (QED) is 0.896. The van der Waals surface area contributed by atoms with Crippen LogP contribution in [0.2, 0.25) is 0 Å². The number of hydrogen-bond donors (Lipinski definition) is 1. The molecule has 2 rings (SSSR count). The molecule has 0 bridgehead atoms. The van der Waals surface area contributed by atoms with Crippen LogP contribution in [0.3, 0.4) is 0 Å². The van der Waals surface area contributed by atoms with Crippen LogP contribution in [0.5, 0.6) is 5.88 Å². The van der Waals surface area contributed by atoms with E-state index in [0.29, 0.717) is 15.8 Å². The minimum absolute atomic E-state index is 0.200. The summed E-state index contributed by atoms with van der Waals surface area (Å²) in [5, 5.41) is 3.27. The minimum Gasteiger partial charge on any atom is -0.480 e. The number of ether oxygens (including phenoxy) is 1. The van der Waals surface area contributed by atoms with Crippen molar-refractivity contribution < 1.29 is 9.53 Å². The molecule has 5 nitrogen and oxygen atoms in total. The summed E-state index contributed by atoms with van der Waals surface area (Å²) in [6, 6.07) is 3.71. The lowest BCUT2D eigenvalue weighted by molar-refractivity contribution is 0.0964. The third kappa shape index (κ3) is 2.26. The second kappa shape index (κ2) is 4.92. The fourth-order valence-electron chi connectivity index (χ4n) is 1.31. The van der Waals surface area contributed by atoms with Crippen LogP contribution in [0.25, 0.3) is 10.6 Å². The van der Waals surface area contributed by atoms with Crippen LogP contribution in [0.4, 0.5) is 0 Å². The van der Waals surface area contributed by atoms with Gasteiger partial charge in [0.15, 0.2) is 4.88 Å². The third-order valence-corrected chi connectivity index (χ3v) is 3.22. The number of hydrogen-bond acceptors (Lipinski definition) is 5. The highest BCUT2D eigenvalue weighted by Gasteiger charge is 2.18. The van der Waals surface area contributed by atoms with E-state index >= 15 is 0 Å². The summed E-state index contributed by atoms with van der Waals surface area (Å²) in [5.74, 6) is 0.141. The maximum Gasteiger partial charge on any atom is 0.266 e. The predicted molar refractivity (Wildman–Crippen MR) is 65.3 cm³/mol. The molecule has 0 fully saturated rings. The van der Waals surface area contributed by atoms with Crippen LogP contribution in [0.1, 0.15) is 9.67 Å². The number of carbonyl (C=O) groups excluding carboxylic acids is 1. The molecule has 0 aromatic carbocycles. The lowest BCUT2D eigenvalue weighted by Gasteiger charge is -1.97. The van der Waals surface area contributed by atoms with Crippen molar-refractivity contribution >= 4 is 17.2 Å². The van der Waals surface area contributed by atoms with Crippen molar-refractivity contribution in [2.45, 2.75) is 0 Å². The van der Waals surface area contributed by atoms with Gasteiger partial charge in [-0.2, -0.15) is 0 Å². The standard InChI is InChI=1S/C11H11N3O2S/c1-12-9(15)8-10(16-2)14-11(17-8)7-4-3-5-13-6-7/h3-6H,1-2H3,(H,12,15). The van der Waals surface area contributed by atoms with Crippen molar-refractivity contribution in [3.63, 3.8) is 0 Å². The largest absolute Gasteiger partial charge is 0.480 e. The first-order valence-corrected chi connectivity index (χ1v) is 5.75. The highest BCUT2D eigenvalue weighted by molar-refractivity contribution is 7.17. The molecular weight excluding hydrogens is 238 g/mol. The second-order valence-electron chi connectivity index (χ2n) is 3.18. The summed E-state index contributed by atoms with van der Waals surface area (Å²) < 4.78 is 5.09. The molecule has 0 aliphatic carbocycles. The number of aromatic nitrogens is 2. The molecule has 2 aromatic rings. The van der Waals surface area contributed by atoms with Gasteiger partial charge in [0, 0.05) is 25.0 Å². The summed E-state index contributed by atoms with van der Waals surface area (Å²) in [6.45, 7) is 0. The van der Waals surface area contributed by atoms with Crippen molar-refractivity contribution in [2.24, 2.45) is 0 Å². The zero-order valence-electron chi connectivity index (χ0n) is 9.43. The lowest BCUT2D eigenvalue weighted by Crippen LogP contribution is -2.17. The number of nitrogens with zero attached hydrogens (tertiary/aromatic N) is 2. The van der Waals surface area contributed by atoms with E-state index in [4.69, 9.17) is 4.74 Å². The van der Waals surface area contributed by atoms with E-state index < -0.39 is 0 Å². The summed E-state index contributed by atoms with van der Waals surface area (Å²) in [7, 11) is 3.07. The molecule has 2 heterocycles. The van der Waals surface area contributed by atoms with Crippen molar-refractivity contribution in [1.82, 2.24) is 15.3 Å². The van der Waals surface area contributed by atoms with Gasteiger partial charge in [-0.25, -0.2) is 4.98 Å². The summed E-state index contributed by atoms with van der Waals surface area (Å²) in [4.78, 5) is 20.3. The molecule has 2 aromatic heterocycles. The maximum atomic E-state index is 11.6. The first kappa shape index (κ1) is 11.5. The highest BCUT2D eigenvalue weighted by Crippen LogP contribution is 2.31. The topological polar surface area (TPSA) is 64.1 Å². The smallest absolute Gasteiger partial charge is 0.266 e. The maximum absolute atomic E-state index is 11.6. The van der Waals surface area contributed by atoms with Crippen LogP contribution in [-0.2, 0) is 0 Å². The van der Waals surface area contributed by atoms with E-state index in [2.05, 4.69) is 15.3 Å². The van der Waals surface area contributed by atoms with Gasteiger partial charge in [-0.05, 0) is 12.1 Å². The molecule has 0 saturated heterocycles. The fourth-order valence-corrected chi connectivity index (χ4v) is 2.29. The molecular formula is C11H11N3O2S. The molecule has 0 unspecified atom stereocenters. The van der Waals surface area contributed by atoms with E-state index in [9.17, 15) is 4.79 Å². The molecule has 0 saturated carbocycles. The average molecular weight is 249 g/mol. The summed E-state index contributed by atoms with van der Waals surface area (Å²) in [6.07, 6.45) is 3.39. The molecule has 17 heavy (non-hydrogen) atoms. The molecule has 0 aliphatic heterocycles. The Morgan fingerprint density at radius 2 is 2.35 bits per heavy atom. The lowest BCUT2D eigenvalue weighted by atomic mass is 10.3. The van der Waals surface area contributed by atoms with Gasteiger partial charge >= 0.3 is 0 Å². The van der Waals surface area contributed by atoms with E-state index in [-0.39, 0.29) is 5.91 Å². The Labute approximate surface area is 102 Å². The van der Waals surface area contributed by atoms with Gasteiger partial charge in [0.05, 0.1) is 7.11 Å². The van der Waals surface area contributed by atoms with E-state index in [0.717, 1.165) is 5.56 Å². The number of methoxy groups -OCH3 is 1.